The molecule has 76 valence electrons. The number of benzene rings is 1. The van der Waals surface area contributed by atoms with Gasteiger partial charge in [0.15, 0.2) is 0 Å². The van der Waals surface area contributed by atoms with Crippen LogP contribution in [0.3, 0.4) is 0 Å². The Balaban J connectivity index is 2.06. The summed E-state index contributed by atoms with van der Waals surface area (Å²) in [5, 5.41) is 3.62. The molecule has 0 unspecified atom stereocenters. The van der Waals surface area contributed by atoms with Crippen molar-refractivity contribution in [1.29, 1.82) is 0 Å². The van der Waals surface area contributed by atoms with Crippen molar-refractivity contribution in [2.75, 3.05) is 5.32 Å². The van der Waals surface area contributed by atoms with E-state index in [1.165, 1.54) is 24.1 Å². The summed E-state index contributed by atoms with van der Waals surface area (Å²) in [6, 6.07) is 9.27. The molecule has 0 bridgehead atoms. The smallest absolute Gasteiger partial charge is 0.0374 e. The average Bonchev–Trinajstić information content (AvgIpc) is 3.02. The van der Waals surface area contributed by atoms with E-state index in [0.29, 0.717) is 6.04 Å². The normalized spacial score (nSPS) is 17.9. The molecule has 0 saturated heterocycles. The highest BCUT2D eigenvalue weighted by molar-refractivity contribution is 5.51. The molecule has 0 heterocycles. The molecule has 1 fully saturated rings. The molecule has 0 aliphatic heterocycles. The maximum atomic E-state index is 3.62. The number of hydrogen-bond donors (Lipinski definition) is 1. The lowest BCUT2D eigenvalue weighted by Crippen LogP contribution is -2.18. The molecule has 0 radical (unpaired) electrons. The molecule has 1 aromatic carbocycles. The first-order valence-electron chi connectivity index (χ1n) is 5.65. The summed E-state index contributed by atoms with van der Waals surface area (Å²) in [4.78, 5) is 0. The first-order valence-corrected chi connectivity index (χ1v) is 5.65. The molecule has 2 rings (SSSR count). The zero-order chi connectivity index (χ0) is 9.97. The van der Waals surface area contributed by atoms with Gasteiger partial charge >= 0.3 is 0 Å². The summed E-state index contributed by atoms with van der Waals surface area (Å²) in [6.45, 7) is 4.51. The monoisotopic (exact) mass is 189 g/mol. The minimum Gasteiger partial charge on any atom is -0.382 e. The van der Waals surface area contributed by atoms with Crippen molar-refractivity contribution in [2.45, 2.75) is 39.2 Å². The molecule has 1 aliphatic rings. The van der Waals surface area contributed by atoms with E-state index in [-0.39, 0.29) is 0 Å². The van der Waals surface area contributed by atoms with Crippen LogP contribution < -0.4 is 5.32 Å². The van der Waals surface area contributed by atoms with E-state index in [1.54, 1.807) is 0 Å². The standard InChI is InChI=1S/C13H19N/c1-3-11-6-4-5-7-13(11)14-10(2)12-8-9-12/h4-7,10,12,14H,3,8-9H2,1-2H3/t10-/m1/s1. The number of hydrogen-bond acceptors (Lipinski definition) is 1. The lowest BCUT2D eigenvalue weighted by atomic mass is 10.1. The lowest BCUT2D eigenvalue weighted by Gasteiger charge is -2.16. The van der Waals surface area contributed by atoms with Crippen LogP contribution in [0.25, 0.3) is 0 Å². The Morgan fingerprint density at radius 3 is 2.71 bits per heavy atom. The molecule has 1 saturated carbocycles. The number of rotatable bonds is 4. The topological polar surface area (TPSA) is 12.0 Å². The van der Waals surface area contributed by atoms with Gasteiger partial charge in [-0.15, -0.1) is 0 Å². The zero-order valence-electron chi connectivity index (χ0n) is 9.09. The first kappa shape index (κ1) is 9.57. The molecule has 0 amide bonds. The Kier molecular flexibility index (Phi) is 2.76. The second-order valence-corrected chi connectivity index (χ2v) is 4.28. The fraction of sp³-hybridized carbons (Fsp3) is 0.538. The van der Waals surface area contributed by atoms with Gasteiger partial charge in [-0.3, -0.25) is 0 Å². The fourth-order valence-electron chi connectivity index (χ4n) is 1.93. The van der Waals surface area contributed by atoms with E-state index in [1.807, 2.05) is 0 Å². The van der Waals surface area contributed by atoms with Crippen molar-refractivity contribution < 1.29 is 0 Å². The number of para-hydroxylation sites is 1. The Hall–Kier alpha value is -0.980. The van der Waals surface area contributed by atoms with Gasteiger partial charge in [0.25, 0.3) is 0 Å². The molecule has 1 nitrogen and oxygen atoms in total. The number of aryl methyl sites for hydroxylation is 1. The third kappa shape index (κ3) is 2.09. The van der Waals surface area contributed by atoms with Crippen LogP contribution in [-0.2, 0) is 6.42 Å². The van der Waals surface area contributed by atoms with Crippen LogP contribution >= 0.6 is 0 Å². The van der Waals surface area contributed by atoms with Crippen molar-refractivity contribution in [2.24, 2.45) is 5.92 Å². The van der Waals surface area contributed by atoms with E-state index in [0.717, 1.165) is 12.3 Å². The summed E-state index contributed by atoms with van der Waals surface area (Å²) in [6.07, 6.45) is 3.92. The largest absolute Gasteiger partial charge is 0.382 e. The molecule has 1 heteroatoms. The summed E-state index contributed by atoms with van der Waals surface area (Å²) in [7, 11) is 0. The van der Waals surface area contributed by atoms with Crippen LogP contribution in [0.1, 0.15) is 32.3 Å². The molecule has 0 spiro atoms. The molecule has 1 atom stereocenters. The quantitative estimate of drug-likeness (QED) is 0.765. The van der Waals surface area contributed by atoms with Gasteiger partial charge in [-0.25, -0.2) is 0 Å². The molecule has 14 heavy (non-hydrogen) atoms. The Bertz CT molecular complexity index is 302. The van der Waals surface area contributed by atoms with Gasteiger partial charge in [0, 0.05) is 11.7 Å². The highest BCUT2D eigenvalue weighted by Gasteiger charge is 2.27. The zero-order valence-corrected chi connectivity index (χ0v) is 9.09. The average molecular weight is 189 g/mol. The highest BCUT2D eigenvalue weighted by atomic mass is 14.9. The second-order valence-electron chi connectivity index (χ2n) is 4.28. The van der Waals surface area contributed by atoms with Crippen LogP contribution in [0.5, 0.6) is 0 Å². The van der Waals surface area contributed by atoms with E-state index < -0.39 is 0 Å². The Labute approximate surface area is 86.5 Å². The van der Waals surface area contributed by atoms with Gasteiger partial charge in [-0.05, 0) is 43.7 Å². The van der Waals surface area contributed by atoms with Crippen LogP contribution in [-0.4, -0.2) is 6.04 Å². The van der Waals surface area contributed by atoms with Crippen LogP contribution in [0.4, 0.5) is 5.69 Å². The number of nitrogens with one attached hydrogen (secondary N) is 1. The molecular weight excluding hydrogens is 170 g/mol. The van der Waals surface area contributed by atoms with Crippen molar-refractivity contribution >= 4 is 5.69 Å². The van der Waals surface area contributed by atoms with Gasteiger partial charge < -0.3 is 5.32 Å². The SMILES string of the molecule is CCc1ccccc1N[C@H](C)C1CC1. The molecule has 1 aliphatic carbocycles. The molecule has 1 N–H and O–H groups in total. The molecular formula is C13H19N. The maximum Gasteiger partial charge on any atom is 0.0374 e. The summed E-state index contributed by atoms with van der Waals surface area (Å²) < 4.78 is 0. The predicted octanol–water partition coefficient (Wildman–Crippen LogP) is 3.46. The third-order valence-corrected chi connectivity index (χ3v) is 3.11. The van der Waals surface area contributed by atoms with Crippen LogP contribution in [0.2, 0.25) is 0 Å². The van der Waals surface area contributed by atoms with Gasteiger partial charge in [-0.2, -0.15) is 0 Å². The molecule has 0 aromatic heterocycles. The van der Waals surface area contributed by atoms with Gasteiger partial charge in [0.1, 0.15) is 0 Å². The summed E-state index contributed by atoms with van der Waals surface area (Å²) in [5.41, 5.74) is 2.76. The van der Waals surface area contributed by atoms with Gasteiger partial charge in [-0.1, -0.05) is 25.1 Å². The van der Waals surface area contributed by atoms with E-state index in [9.17, 15) is 0 Å². The van der Waals surface area contributed by atoms with Gasteiger partial charge in [0.2, 0.25) is 0 Å². The lowest BCUT2D eigenvalue weighted by molar-refractivity contribution is 0.693. The highest BCUT2D eigenvalue weighted by Crippen LogP contribution is 2.34. The minimum absolute atomic E-state index is 0.641. The van der Waals surface area contributed by atoms with Gasteiger partial charge in [0.05, 0.1) is 0 Å². The third-order valence-electron chi connectivity index (χ3n) is 3.11. The number of anilines is 1. The van der Waals surface area contributed by atoms with E-state index in [4.69, 9.17) is 0 Å². The van der Waals surface area contributed by atoms with Crippen LogP contribution in [0.15, 0.2) is 24.3 Å². The predicted molar refractivity (Wildman–Crippen MR) is 61.6 cm³/mol. The summed E-state index contributed by atoms with van der Waals surface area (Å²) in [5.74, 6) is 0.917. The Morgan fingerprint density at radius 1 is 1.36 bits per heavy atom. The fourth-order valence-corrected chi connectivity index (χ4v) is 1.93. The van der Waals surface area contributed by atoms with Crippen molar-refractivity contribution in [3.63, 3.8) is 0 Å². The van der Waals surface area contributed by atoms with E-state index in [2.05, 4.69) is 43.4 Å². The van der Waals surface area contributed by atoms with Crippen molar-refractivity contribution in [3.05, 3.63) is 29.8 Å². The summed E-state index contributed by atoms with van der Waals surface area (Å²) >= 11 is 0. The minimum atomic E-state index is 0.641. The van der Waals surface area contributed by atoms with E-state index >= 15 is 0 Å². The maximum absolute atomic E-state index is 3.62. The van der Waals surface area contributed by atoms with Crippen LogP contribution in [0, 0.1) is 5.92 Å². The van der Waals surface area contributed by atoms with Crippen molar-refractivity contribution in [1.82, 2.24) is 0 Å². The molecule has 1 aromatic rings. The second kappa shape index (κ2) is 4.04. The Morgan fingerprint density at radius 2 is 2.07 bits per heavy atom. The van der Waals surface area contributed by atoms with Crippen molar-refractivity contribution in [3.8, 4) is 0 Å². The first-order chi connectivity index (χ1) is 6.81.